The predicted molar refractivity (Wildman–Crippen MR) is 77.7 cm³/mol. The Bertz CT molecular complexity index is 853. The highest BCUT2D eigenvalue weighted by atomic mass is 16.6. The molecule has 0 aliphatic rings. The van der Waals surface area contributed by atoms with Crippen molar-refractivity contribution in [3.05, 3.63) is 35.0 Å². The molecule has 120 valence electrons. The van der Waals surface area contributed by atoms with E-state index in [9.17, 15) is 4.79 Å². The minimum atomic E-state index is -0.664. The minimum Gasteiger partial charge on any atom is -0.450 e. The third-order valence-electron chi connectivity index (χ3n) is 3.11. The van der Waals surface area contributed by atoms with Crippen molar-refractivity contribution in [1.29, 1.82) is 0 Å². The SMILES string of the molecule is CCCc1noc(COC(=O)c2nc3nc(C)cc(C)n3n2)n1. The Morgan fingerprint density at radius 2 is 2.13 bits per heavy atom. The molecule has 23 heavy (non-hydrogen) atoms. The summed E-state index contributed by atoms with van der Waals surface area (Å²) in [6.45, 7) is 5.61. The Balaban J connectivity index is 1.71. The minimum absolute atomic E-state index is 0.0560. The lowest BCUT2D eigenvalue weighted by Crippen LogP contribution is -2.08. The predicted octanol–water partition coefficient (Wildman–Crippen LogP) is 1.43. The number of ether oxygens (including phenoxy) is 1. The molecule has 0 saturated carbocycles. The number of hydrogen-bond donors (Lipinski definition) is 0. The second-order valence-corrected chi connectivity index (χ2v) is 5.12. The lowest BCUT2D eigenvalue weighted by atomic mass is 10.3. The highest BCUT2D eigenvalue weighted by molar-refractivity contribution is 5.85. The summed E-state index contributed by atoms with van der Waals surface area (Å²) in [5.74, 6) is 0.482. The van der Waals surface area contributed by atoms with Gasteiger partial charge in [-0.05, 0) is 26.3 Å². The van der Waals surface area contributed by atoms with Crippen LogP contribution in [0, 0.1) is 13.8 Å². The molecule has 0 amide bonds. The first-order valence-electron chi connectivity index (χ1n) is 7.26. The van der Waals surface area contributed by atoms with E-state index in [4.69, 9.17) is 9.26 Å². The van der Waals surface area contributed by atoms with Crippen molar-refractivity contribution in [3.8, 4) is 0 Å². The molecule has 0 radical (unpaired) electrons. The number of rotatable bonds is 5. The van der Waals surface area contributed by atoms with Crippen LogP contribution in [0.4, 0.5) is 0 Å². The van der Waals surface area contributed by atoms with Gasteiger partial charge in [-0.3, -0.25) is 0 Å². The zero-order valence-corrected chi connectivity index (χ0v) is 13.1. The topological polar surface area (TPSA) is 108 Å². The van der Waals surface area contributed by atoms with Gasteiger partial charge in [-0.25, -0.2) is 14.3 Å². The number of hydrogen-bond acceptors (Lipinski definition) is 8. The lowest BCUT2D eigenvalue weighted by Gasteiger charge is -1.97. The van der Waals surface area contributed by atoms with Crippen LogP contribution in [0.15, 0.2) is 10.6 Å². The van der Waals surface area contributed by atoms with E-state index >= 15 is 0 Å². The molecule has 0 saturated heterocycles. The summed E-state index contributed by atoms with van der Waals surface area (Å²) in [4.78, 5) is 24.5. The molecule has 0 aliphatic heterocycles. The van der Waals surface area contributed by atoms with E-state index in [0.717, 1.165) is 24.2 Å². The molecule has 3 rings (SSSR count). The molecule has 0 unspecified atom stereocenters. The maximum atomic E-state index is 12.0. The van der Waals surface area contributed by atoms with E-state index in [0.29, 0.717) is 11.6 Å². The second kappa shape index (κ2) is 6.11. The highest BCUT2D eigenvalue weighted by Crippen LogP contribution is 2.07. The normalized spacial score (nSPS) is 11.1. The van der Waals surface area contributed by atoms with E-state index in [1.165, 1.54) is 4.52 Å². The molecule has 0 spiro atoms. The van der Waals surface area contributed by atoms with Crippen molar-refractivity contribution in [3.63, 3.8) is 0 Å². The van der Waals surface area contributed by atoms with Gasteiger partial charge in [0.2, 0.25) is 0 Å². The van der Waals surface area contributed by atoms with Crippen LogP contribution >= 0.6 is 0 Å². The summed E-state index contributed by atoms with van der Waals surface area (Å²) in [5.41, 5.74) is 1.64. The summed E-state index contributed by atoms with van der Waals surface area (Å²) < 4.78 is 11.6. The molecule has 3 aromatic rings. The molecule has 3 heterocycles. The first kappa shape index (κ1) is 15.1. The second-order valence-electron chi connectivity index (χ2n) is 5.12. The summed E-state index contributed by atoms with van der Waals surface area (Å²) in [7, 11) is 0. The van der Waals surface area contributed by atoms with E-state index in [-0.39, 0.29) is 18.3 Å². The molecule has 0 aliphatic carbocycles. The third kappa shape index (κ3) is 3.17. The van der Waals surface area contributed by atoms with Crippen molar-refractivity contribution in [2.45, 2.75) is 40.2 Å². The fourth-order valence-electron chi connectivity index (χ4n) is 2.12. The standard InChI is InChI=1S/C14H16N6O3/c1-4-5-10-16-11(23-19-10)7-22-13(21)12-17-14-15-8(2)6-9(3)20(14)18-12/h6H,4-5,7H2,1-3H3. The molecule has 0 fully saturated rings. The molecule has 9 nitrogen and oxygen atoms in total. The number of carbonyl (C=O) groups is 1. The Kier molecular flexibility index (Phi) is 4.00. The molecule has 0 N–H and O–H groups in total. The maximum Gasteiger partial charge on any atom is 0.378 e. The van der Waals surface area contributed by atoms with Crippen LogP contribution in [0.3, 0.4) is 0 Å². The number of aromatic nitrogens is 6. The number of fused-ring (bicyclic) bond motifs is 1. The van der Waals surface area contributed by atoms with Gasteiger partial charge in [-0.15, -0.1) is 5.10 Å². The molecule has 0 aromatic carbocycles. The fourth-order valence-corrected chi connectivity index (χ4v) is 2.12. The van der Waals surface area contributed by atoms with Crippen LogP contribution in [0.1, 0.15) is 47.1 Å². The van der Waals surface area contributed by atoms with Gasteiger partial charge in [0.15, 0.2) is 12.4 Å². The van der Waals surface area contributed by atoms with Crippen LogP contribution < -0.4 is 0 Å². The average molecular weight is 316 g/mol. The number of carbonyl (C=O) groups excluding carboxylic acids is 1. The Hall–Kier alpha value is -2.84. The van der Waals surface area contributed by atoms with Gasteiger partial charge in [-0.1, -0.05) is 12.1 Å². The van der Waals surface area contributed by atoms with E-state index < -0.39 is 5.97 Å². The summed E-state index contributed by atoms with van der Waals surface area (Å²) in [5, 5.41) is 7.89. The zero-order chi connectivity index (χ0) is 16.4. The average Bonchev–Trinajstić information content (AvgIpc) is 3.12. The summed E-state index contributed by atoms with van der Waals surface area (Å²) in [6, 6.07) is 1.85. The number of aryl methyl sites for hydroxylation is 3. The van der Waals surface area contributed by atoms with E-state index in [1.807, 2.05) is 26.8 Å². The molecule has 9 heteroatoms. The Morgan fingerprint density at radius 1 is 1.30 bits per heavy atom. The Morgan fingerprint density at radius 3 is 2.91 bits per heavy atom. The van der Waals surface area contributed by atoms with Crippen molar-refractivity contribution in [2.75, 3.05) is 0 Å². The summed E-state index contributed by atoms with van der Waals surface area (Å²) >= 11 is 0. The lowest BCUT2D eigenvalue weighted by molar-refractivity contribution is 0.0415. The Labute approximate surface area is 131 Å². The van der Waals surface area contributed by atoms with Crippen molar-refractivity contribution < 1.29 is 14.1 Å². The molecular weight excluding hydrogens is 300 g/mol. The molecule has 3 aromatic heterocycles. The first-order chi connectivity index (χ1) is 11.1. The van der Waals surface area contributed by atoms with Gasteiger partial charge >= 0.3 is 5.97 Å². The quantitative estimate of drug-likeness (QED) is 0.650. The van der Waals surface area contributed by atoms with Gasteiger partial charge in [-0.2, -0.15) is 9.97 Å². The van der Waals surface area contributed by atoms with Crippen LogP contribution in [0.2, 0.25) is 0 Å². The fraction of sp³-hybridized carbons (Fsp3) is 0.429. The van der Waals surface area contributed by atoms with Crippen molar-refractivity contribution in [1.82, 2.24) is 29.7 Å². The molecule has 0 bridgehead atoms. The van der Waals surface area contributed by atoms with Crippen LogP contribution in [0.25, 0.3) is 5.78 Å². The van der Waals surface area contributed by atoms with Crippen molar-refractivity contribution in [2.24, 2.45) is 0 Å². The van der Waals surface area contributed by atoms with Gasteiger partial charge < -0.3 is 9.26 Å². The summed E-state index contributed by atoms with van der Waals surface area (Å²) in [6.07, 6.45) is 1.63. The van der Waals surface area contributed by atoms with Gasteiger partial charge in [0.25, 0.3) is 17.5 Å². The van der Waals surface area contributed by atoms with Crippen LogP contribution in [-0.2, 0) is 17.8 Å². The van der Waals surface area contributed by atoms with E-state index in [2.05, 4.69) is 25.2 Å². The monoisotopic (exact) mass is 316 g/mol. The number of nitrogens with zero attached hydrogens (tertiary/aromatic N) is 6. The van der Waals surface area contributed by atoms with Crippen LogP contribution in [0.5, 0.6) is 0 Å². The van der Waals surface area contributed by atoms with Crippen molar-refractivity contribution >= 4 is 11.7 Å². The molecular formula is C14H16N6O3. The van der Waals surface area contributed by atoms with Crippen LogP contribution in [-0.4, -0.2) is 35.7 Å². The largest absolute Gasteiger partial charge is 0.450 e. The number of esters is 1. The maximum absolute atomic E-state index is 12.0. The van der Waals surface area contributed by atoms with E-state index in [1.54, 1.807) is 0 Å². The third-order valence-corrected chi connectivity index (χ3v) is 3.11. The molecule has 0 atom stereocenters. The smallest absolute Gasteiger partial charge is 0.378 e. The van der Waals surface area contributed by atoms with Gasteiger partial charge in [0.1, 0.15) is 0 Å². The zero-order valence-electron chi connectivity index (χ0n) is 13.1. The highest BCUT2D eigenvalue weighted by Gasteiger charge is 2.18. The van der Waals surface area contributed by atoms with Gasteiger partial charge in [0, 0.05) is 17.8 Å². The first-order valence-corrected chi connectivity index (χ1v) is 7.26. The van der Waals surface area contributed by atoms with Gasteiger partial charge in [0.05, 0.1) is 0 Å².